The Balaban J connectivity index is 3.17. The number of nitrogens with two attached hydrogens (primary N) is 1. The molecule has 0 amide bonds. The maximum absolute atomic E-state index is 13.2. The topological polar surface area (TPSA) is 50.4 Å². The normalized spacial score (nSPS) is 11.6. The molecule has 0 unspecified atom stereocenters. The summed E-state index contributed by atoms with van der Waals surface area (Å²) in [5.74, 6) is 5.58. The van der Waals surface area contributed by atoms with Crippen molar-refractivity contribution in [2.45, 2.75) is 13.8 Å². The first-order chi connectivity index (χ1) is 6.70. The lowest BCUT2D eigenvalue weighted by Crippen LogP contribution is -2.32. The molecule has 1 aromatic rings. The third kappa shape index (κ3) is 2.09. The fraction of sp³-hybridized carbons (Fsp3) is 0.300. The second-order valence-electron chi connectivity index (χ2n) is 2.88. The zero-order valence-corrected chi connectivity index (χ0v) is 8.34. The fourth-order valence-corrected chi connectivity index (χ4v) is 1.23. The van der Waals surface area contributed by atoms with Crippen LogP contribution in [0.1, 0.15) is 18.1 Å². The zero-order valence-electron chi connectivity index (χ0n) is 8.34. The molecule has 0 radical (unpaired) electrons. The van der Waals surface area contributed by atoms with E-state index in [4.69, 9.17) is 5.84 Å². The number of rotatable bonds is 2. The van der Waals surface area contributed by atoms with Crippen LogP contribution in [0.25, 0.3) is 0 Å². The summed E-state index contributed by atoms with van der Waals surface area (Å²) in [7, 11) is 0. The van der Waals surface area contributed by atoms with E-state index in [-0.39, 0.29) is 5.82 Å². The van der Waals surface area contributed by atoms with E-state index in [2.05, 4.69) is 10.4 Å². The number of benzene rings is 1. The first-order valence-corrected chi connectivity index (χ1v) is 4.47. The molecule has 0 saturated heterocycles. The molecule has 0 aliphatic rings. The highest BCUT2D eigenvalue weighted by Crippen LogP contribution is 2.11. The molecule has 0 atom stereocenters. The van der Waals surface area contributed by atoms with Gasteiger partial charge in [-0.05, 0) is 25.5 Å². The number of hydrogen-bond acceptors (Lipinski definition) is 2. The van der Waals surface area contributed by atoms with Crippen molar-refractivity contribution >= 4 is 5.84 Å². The van der Waals surface area contributed by atoms with Gasteiger partial charge in [-0.1, -0.05) is 12.1 Å². The van der Waals surface area contributed by atoms with Gasteiger partial charge >= 0.3 is 0 Å². The van der Waals surface area contributed by atoms with Crippen molar-refractivity contribution in [3.8, 4) is 0 Å². The lowest BCUT2D eigenvalue weighted by atomic mass is 10.1. The predicted molar refractivity (Wildman–Crippen MR) is 55.5 cm³/mol. The molecule has 0 aliphatic heterocycles. The Labute approximate surface area is 82.8 Å². The van der Waals surface area contributed by atoms with Crippen LogP contribution in [-0.2, 0) is 0 Å². The number of hydrazine groups is 1. The van der Waals surface area contributed by atoms with Crippen LogP contribution in [0.4, 0.5) is 4.39 Å². The highest BCUT2D eigenvalue weighted by molar-refractivity contribution is 5.99. The van der Waals surface area contributed by atoms with E-state index in [1.807, 2.05) is 6.92 Å². The SMILES string of the molecule is CCN=C(NN)c1cccc(F)c1C. The smallest absolute Gasteiger partial charge is 0.142 e. The predicted octanol–water partition coefficient (Wildman–Crippen LogP) is 1.36. The standard InChI is InChI=1S/C10H14FN3/c1-3-13-10(14-12)8-5-4-6-9(11)7(8)2/h4-6H,3,12H2,1-2H3,(H,13,14). The van der Waals surface area contributed by atoms with Gasteiger partial charge < -0.3 is 5.43 Å². The van der Waals surface area contributed by atoms with Gasteiger partial charge in [0.15, 0.2) is 0 Å². The van der Waals surface area contributed by atoms with E-state index < -0.39 is 0 Å². The van der Waals surface area contributed by atoms with Gasteiger partial charge in [0.1, 0.15) is 11.7 Å². The summed E-state index contributed by atoms with van der Waals surface area (Å²) < 4.78 is 13.2. The molecule has 76 valence electrons. The molecule has 0 spiro atoms. The molecule has 0 fully saturated rings. The second-order valence-corrected chi connectivity index (χ2v) is 2.88. The van der Waals surface area contributed by atoms with E-state index in [0.29, 0.717) is 23.5 Å². The van der Waals surface area contributed by atoms with Crippen LogP contribution < -0.4 is 11.3 Å². The van der Waals surface area contributed by atoms with Crippen LogP contribution >= 0.6 is 0 Å². The Hall–Kier alpha value is -1.42. The van der Waals surface area contributed by atoms with Gasteiger partial charge in [-0.3, -0.25) is 4.99 Å². The summed E-state index contributed by atoms with van der Waals surface area (Å²) in [6.07, 6.45) is 0. The third-order valence-corrected chi connectivity index (χ3v) is 1.98. The van der Waals surface area contributed by atoms with Crippen molar-refractivity contribution in [1.82, 2.24) is 5.43 Å². The van der Waals surface area contributed by atoms with Gasteiger partial charge in [0.05, 0.1) is 0 Å². The summed E-state index contributed by atoms with van der Waals surface area (Å²) in [6, 6.07) is 4.84. The summed E-state index contributed by atoms with van der Waals surface area (Å²) in [4.78, 5) is 4.13. The monoisotopic (exact) mass is 195 g/mol. The molecule has 4 heteroatoms. The zero-order chi connectivity index (χ0) is 10.6. The highest BCUT2D eigenvalue weighted by Gasteiger charge is 2.07. The van der Waals surface area contributed by atoms with Crippen molar-refractivity contribution < 1.29 is 4.39 Å². The Morgan fingerprint density at radius 3 is 2.86 bits per heavy atom. The van der Waals surface area contributed by atoms with Crippen LogP contribution in [0.3, 0.4) is 0 Å². The van der Waals surface area contributed by atoms with E-state index in [1.54, 1.807) is 19.1 Å². The van der Waals surface area contributed by atoms with Gasteiger partial charge in [-0.15, -0.1) is 0 Å². The Kier molecular flexibility index (Phi) is 3.59. The molecule has 0 saturated carbocycles. The average Bonchev–Trinajstić information content (AvgIpc) is 2.19. The van der Waals surface area contributed by atoms with Crippen LogP contribution in [0.15, 0.2) is 23.2 Å². The summed E-state index contributed by atoms with van der Waals surface area (Å²) in [6.45, 7) is 4.20. The Morgan fingerprint density at radius 2 is 2.29 bits per heavy atom. The lowest BCUT2D eigenvalue weighted by Gasteiger charge is -2.08. The van der Waals surface area contributed by atoms with Gasteiger partial charge in [0, 0.05) is 12.1 Å². The Bertz CT molecular complexity index is 347. The second kappa shape index (κ2) is 4.72. The number of hydrogen-bond donors (Lipinski definition) is 2. The van der Waals surface area contributed by atoms with Crippen molar-refractivity contribution in [3.05, 3.63) is 35.1 Å². The van der Waals surface area contributed by atoms with Crippen LogP contribution in [0, 0.1) is 12.7 Å². The van der Waals surface area contributed by atoms with Crippen molar-refractivity contribution in [2.24, 2.45) is 10.8 Å². The fourth-order valence-electron chi connectivity index (χ4n) is 1.23. The number of halogens is 1. The molecule has 0 aliphatic carbocycles. The number of nitrogens with zero attached hydrogens (tertiary/aromatic N) is 1. The molecule has 1 rings (SSSR count). The van der Waals surface area contributed by atoms with Gasteiger partial charge in [-0.2, -0.15) is 0 Å². The minimum absolute atomic E-state index is 0.249. The molecule has 1 aromatic carbocycles. The molecule has 0 bridgehead atoms. The van der Waals surface area contributed by atoms with Gasteiger partial charge in [0.2, 0.25) is 0 Å². The first-order valence-electron chi connectivity index (χ1n) is 4.47. The quantitative estimate of drug-likeness (QED) is 0.324. The minimum Gasteiger partial charge on any atom is -0.308 e. The third-order valence-electron chi connectivity index (χ3n) is 1.98. The number of amidine groups is 1. The van der Waals surface area contributed by atoms with E-state index >= 15 is 0 Å². The first kappa shape index (κ1) is 10.7. The molecule has 3 N–H and O–H groups in total. The van der Waals surface area contributed by atoms with Crippen LogP contribution in [-0.4, -0.2) is 12.4 Å². The molecule has 0 heterocycles. The van der Waals surface area contributed by atoms with E-state index in [9.17, 15) is 4.39 Å². The Morgan fingerprint density at radius 1 is 1.57 bits per heavy atom. The van der Waals surface area contributed by atoms with Gasteiger partial charge in [0.25, 0.3) is 0 Å². The lowest BCUT2D eigenvalue weighted by molar-refractivity contribution is 0.618. The summed E-state index contributed by atoms with van der Waals surface area (Å²) in [5.41, 5.74) is 3.73. The number of aliphatic imine (C=N–C) groups is 1. The molecule has 0 aromatic heterocycles. The average molecular weight is 195 g/mol. The molecular formula is C10H14FN3. The minimum atomic E-state index is -0.249. The van der Waals surface area contributed by atoms with Crippen molar-refractivity contribution in [2.75, 3.05) is 6.54 Å². The maximum atomic E-state index is 13.2. The summed E-state index contributed by atoms with van der Waals surface area (Å²) >= 11 is 0. The number of nitrogens with one attached hydrogen (secondary N) is 1. The molecule has 14 heavy (non-hydrogen) atoms. The summed E-state index contributed by atoms with van der Waals surface area (Å²) in [5, 5.41) is 0. The maximum Gasteiger partial charge on any atom is 0.142 e. The van der Waals surface area contributed by atoms with Crippen LogP contribution in [0.2, 0.25) is 0 Å². The van der Waals surface area contributed by atoms with E-state index in [1.165, 1.54) is 6.07 Å². The van der Waals surface area contributed by atoms with Gasteiger partial charge in [-0.25, -0.2) is 10.2 Å². The van der Waals surface area contributed by atoms with Crippen molar-refractivity contribution in [3.63, 3.8) is 0 Å². The van der Waals surface area contributed by atoms with E-state index in [0.717, 1.165) is 0 Å². The largest absolute Gasteiger partial charge is 0.308 e. The molecule has 3 nitrogen and oxygen atoms in total. The highest BCUT2D eigenvalue weighted by atomic mass is 19.1. The molecular weight excluding hydrogens is 181 g/mol. The van der Waals surface area contributed by atoms with Crippen LogP contribution in [0.5, 0.6) is 0 Å². The van der Waals surface area contributed by atoms with Crippen molar-refractivity contribution in [1.29, 1.82) is 0 Å².